The van der Waals surface area contributed by atoms with Gasteiger partial charge in [-0.1, -0.05) is 0 Å². The summed E-state index contributed by atoms with van der Waals surface area (Å²) in [7, 11) is 3.79. The zero-order valence-electron chi connectivity index (χ0n) is 9.27. The van der Waals surface area contributed by atoms with Crippen molar-refractivity contribution < 1.29 is 9.47 Å². The molecule has 1 aromatic carbocycles. The monoisotopic (exact) mass is 207 g/mol. The van der Waals surface area contributed by atoms with E-state index in [9.17, 15) is 0 Å². The first-order chi connectivity index (χ1) is 7.28. The molecule has 1 saturated heterocycles. The molecule has 0 amide bonds. The van der Waals surface area contributed by atoms with Crippen molar-refractivity contribution in [2.75, 3.05) is 27.2 Å². The first-order valence-electron chi connectivity index (χ1n) is 5.27. The minimum atomic E-state index is 0.336. The number of hydrogen-bond acceptors (Lipinski definition) is 3. The Morgan fingerprint density at radius 1 is 1.20 bits per heavy atom. The Balaban J connectivity index is 1.93. The lowest BCUT2D eigenvalue weighted by molar-refractivity contribution is 0.208. The highest BCUT2D eigenvalue weighted by atomic mass is 16.5. The van der Waals surface area contributed by atoms with Crippen LogP contribution in [0, 0.1) is 0 Å². The maximum atomic E-state index is 5.85. The minimum Gasteiger partial charge on any atom is -0.497 e. The van der Waals surface area contributed by atoms with Gasteiger partial charge in [-0.25, -0.2) is 0 Å². The fourth-order valence-corrected chi connectivity index (χ4v) is 1.84. The Bertz CT molecular complexity index is 310. The summed E-state index contributed by atoms with van der Waals surface area (Å²) >= 11 is 0. The third-order valence-electron chi connectivity index (χ3n) is 2.71. The highest BCUT2D eigenvalue weighted by molar-refractivity contribution is 5.31. The van der Waals surface area contributed by atoms with Crippen LogP contribution in [0.15, 0.2) is 24.3 Å². The number of nitrogens with zero attached hydrogens (tertiary/aromatic N) is 1. The topological polar surface area (TPSA) is 21.7 Å². The molecule has 0 aromatic heterocycles. The summed E-state index contributed by atoms with van der Waals surface area (Å²) in [5.74, 6) is 1.79. The van der Waals surface area contributed by atoms with Gasteiger partial charge in [-0.3, -0.25) is 0 Å². The predicted octanol–water partition coefficient (Wildman–Crippen LogP) is 1.78. The molecule has 1 unspecified atom stereocenters. The van der Waals surface area contributed by atoms with Gasteiger partial charge in [0.2, 0.25) is 0 Å². The van der Waals surface area contributed by atoms with Gasteiger partial charge >= 0.3 is 0 Å². The van der Waals surface area contributed by atoms with Gasteiger partial charge in [-0.2, -0.15) is 0 Å². The second-order valence-corrected chi connectivity index (χ2v) is 3.97. The number of benzene rings is 1. The van der Waals surface area contributed by atoms with E-state index in [0.29, 0.717) is 6.10 Å². The molecule has 2 rings (SSSR count). The summed E-state index contributed by atoms with van der Waals surface area (Å²) in [6, 6.07) is 7.76. The van der Waals surface area contributed by atoms with Crippen molar-refractivity contribution in [1.82, 2.24) is 4.90 Å². The van der Waals surface area contributed by atoms with Crippen molar-refractivity contribution in [2.24, 2.45) is 0 Å². The third kappa shape index (κ3) is 2.63. The van der Waals surface area contributed by atoms with E-state index >= 15 is 0 Å². The van der Waals surface area contributed by atoms with Gasteiger partial charge in [0.05, 0.1) is 7.11 Å². The average Bonchev–Trinajstić information content (AvgIpc) is 2.65. The quantitative estimate of drug-likeness (QED) is 0.754. The molecule has 1 fully saturated rings. The third-order valence-corrected chi connectivity index (χ3v) is 2.71. The lowest BCUT2D eigenvalue weighted by Gasteiger charge is -2.13. The van der Waals surface area contributed by atoms with Crippen LogP contribution in [0.3, 0.4) is 0 Å². The first-order valence-corrected chi connectivity index (χ1v) is 5.27. The summed E-state index contributed by atoms with van der Waals surface area (Å²) in [4.78, 5) is 2.29. The molecular weight excluding hydrogens is 190 g/mol. The van der Waals surface area contributed by atoms with Gasteiger partial charge in [-0.15, -0.1) is 0 Å². The molecule has 1 aliphatic heterocycles. The van der Waals surface area contributed by atoms with E-state index in [1.54, 1.807) is 7.11 Å². The van der Waals surface area contributed by atoms with E-state index in [4.69, 9.17) is 9.47 Å². The van der Waals surface area contributed by atoms with Gasteiger partial charge < -0.3 is 14.4 Å². The number of methoxy groups -OCH3 is 1. The lowest BCUT2D eigenvalue weighted by Crippen LogP contribution is -2.21. The van der Waals surface area contributed by atoms with Gasteiger partial charge in [0.25, 0.3) is 0 Å². The van der Waals surface area contributed by atoms with Crippen LogP contribution in [0.25, 0.3) is 0 Å². The largest absolute Gasteiger partial charge is 0.497 e. The Labute approximate surface area is 90.6 Å². The Kier molecular flexibility index (Phi) is 3.11. The molecule has 0 bridgehead atoms. The number of likely N-dealkylation sites (tertiary alicyclic amines) is 1. The summed E-state index contributed by atoms with van der Waals surface area (Å²) in [6.45, 7) is 2.15. The molecule has 0 aliphatic carbocycles. The van der Waals surface area contributed by atoms with Crippen molar-refractivity contribution in [3.8, 4) is 11.5 Å². The Morgan fingerprint density at radius 2 is 1.87 bits per heavy atom. The molecule has 0 radical (unpaired) electrons. The van der Waals surface area contributed by atoms with Crippen LogP contribution in [0.1, 0.15) is 6.42 Å². The summed E-state index contributed by atoms with van der Waals surface area (Å²) in [5, 5.41) is 0. The normalized spacial score (nSPS) is 21.6. The van der Waals surface area contributed by atoms with Crippen LogP contribution in [-0.2, 0) is 0 Å². The van der Waals surface area contributed by atoms with Crippen LogP contribution >= 0.6 is 0 Å². The molecule has 0 N–H and O–H groups in total. The SMILES string of the molecule is COc1ccc(OC2CCN(C)C2)cc1. The fourth-order valence-electron chi connectivity index (χ4n) is 1.84. The van der Waals surface area contributed by atoms with E-state index < -0.39 is 0 Å². The van der Waals surface area contributed by atoms with Gasteiger partial charge in [-0.05, 0) is 37.7 Å². The minimum absolute atomic E-state index is 0.336. The molecule has 0 saturated carbocycles. The van der Waals surface area contributed by atoms with E-state index in [2.05, 4.69) is 11.9 Å². The highest BCUT2D eigenvalue weighted by Gasteiger charge is 2.20. The van der Waals surface area contributed by atoms with Crippen molar-refractivity contribution in [2.45, 2.75) is 12.5 Å². The van der Waals surface area contributed by atoms with Gasteiger partial charge in [0.15, 0.2) is 0 Å². The first kappa shape index (κ1) is 10.3. The van der Waals surface area contributed by atoms with Crippen LogP contribution in [0.4, 0.5) is 0 Å². The van der Waals surface area contributed by atoms with Crippen LogP contribution in [0.5, 0.6) is 11.5 Å². The van der Waals surface area contributed by atoms with Gasteiger partial charge in [0.1, 0.15) is 17.6 Å². The number of ether oxygens (including phenoxy) is 2. The molecule has 15 heavy (non-hydrogen) atoms. The zero-order valence-corrected chi connectivity index (χ0v) is 9.27. The van der Waals surface area contributed by atoms with Crippen LogP contribution in [-0.4, -0.2) is 38.3 Å². The summed E-state index contributed by atoms with van der Waals surface area (Å²) in [5.41, 5.74) is 0. The van der Waals surface area contributed by atoms with E-state index in [1.807, 2.05) is 24.3 Å². The smallest absolute Gasteiger partial charge is 0.120 e. The van der Waals surface area contributed by atoms with Crippen LogP contribution in [0.2, 0.25) is 0 Å². The zero-order chi connectivity index (χ0) is 10.7. The lowest BCUT2D eigenvalue weighted by atomic mass is 10.3. The molecule has 82 valence electrons. The van der Waals surface area contributed by atoms with Crippen molar-refractivity contribution in [3.63, 3.8) is 0 Å². The molecule has 1 heterocycles. The molecular formula is C12H17NO2. The molecule has 3 heteroatoms. The second kappa shape index (κ2) is 4.53. The van der Waals surface area contributed by atoms with E-state index in [-0.39, 0.29) is 0 Å². The summed E-state index contributed by atoms with van der Waals surface area (Å²) in [6.07, 6.45) is 1.45. The molecule has 3 nitrogen and oxygen atoms in total. The van der Waals surface area contributed by atoms with E-state index in [0.717, 1.165) is 31.0 Å². The molecule has 1 aliphatic rings. The Hall–Kier alpha value is -1.22. The number of rotatable bonds is 3. The average molecular weight is 207 g/mol. The molecule has 1 atom stereocenters. The number of likely N-dealkylation sites (N-methyl/N-ethyl adjacent to an activating group) is 1. The predicted molar refractivity (Wildman–Crippen MR) is 59.5 cm³/mol. The molecule has 1 aromatic rings. The Morgan fingerprint density at radius 3 is 2.40 bits per heavy atom. The summed E-state index contributed by atoms with van der Waals surface area (Å²) < 4.78 is 10.9. The standard InChI is InChI=1S/C12H17NO2/c1-13-8-7-12(9-13)15-11-5-3-10(14-2)4-6-11/h3-6,12H,7-9H2,1-2H3. The van der Waals surface area contributed by atoms with Crippen molar-refractivity contribution in [3.05, 3.63) is 24.3 Å². The van der Waals surface area contributed by atoms with Crippen molar-refractivity contribution >= 4 is 0 Å². The van der Waals surface area contributed by atoms with E-state index in [1.165, 1.54) is 0 Å². The molecule has 0 spiro atoms. The maximum absolute atomic E-state index is 5.85. The highest BCUT2D eigenvalue weighted by Crippen LogP contribution is 2.20. The maximum Gasteiger partial charge on any atom is 0.120 e. The van der Waals surface area contributed by atoms with Crippen molar-refractivity contribution in [1.29, 1.82) is 0 Å². The van der Waals surface area contributed by atoms with Crippen LogP contribution < -0.4 is 9.47 Å². The van der Waals surface area contributed by atoms with Gasteiger partial charge in [0, 0.05) is 13.1 Å². The second-order valence-electron chi connectivity index (χ2n) is 3.97. The number of hydrogen-bond donors (Lipinski definition) is 0. The fraction of sp³-hybridized carbons (Fsp3) is 0.500.